The minimum atomic E-state index is -0.398. The maximum absolute atomic E-state index is 12.4. The molecule has 0 spiro atoms. The van der Waals surface area contributed by atoms with E-state index in [0.29, 0.717) is 24.6 Å². The van der Waals surface area contributed by atoms with Crippen LogP contribution in [-0.2, 0) is 11.3 Å². The van der Waals surface area contributed by atoms with Gasteiger partial charge in [-0.3, -0.25) is 9.59 Å². The van der Waals surface area contributed by atoms with Crippen molar-refractivity contribution >= 4 is 24.2 Å². The molecular weight excluding hydrogens is 326 g/mol. The first-order chi connectivity index (χ1) is 10.8. The van der Waals surface area contributed by atoms with Gasteiger partial charge in [-0.1, -0.05) is 32.9 Å². The number of rotatable bonds is 4. The van der Waals surface area contributed by atoms with Crippen molar-refractivity contribution in [3.05, 3.63) is 35.4 Å². The summed E-state index contributed by atoms with van der Waals surface area (Å²) < 4.78 is 0. The Kier molecular flexibility index (Phi) is 7.24. The van der Waals surface area contributed by atoms with Gasteiger partial charge < -0.3 is 16.0 Å². The second-order valence-electron chi connectivity index (χ2n) is 7.27. The van der Waals surface area contributed by atoms with E-state index in [4.69, 9.17) is 5.73 Å². The Morgan fingerprint density at radius 1 is 1.25 bits per heavy atom. The number of halogens is 1. The van der Waals surface area contributed by atoms with Gasteiger partial charge in [-0.25, -0.2) is 0 Å². The van der Waals surface area contributed by atoms with Crippen LogP contribution in [0, 0.1) is 11.3 Å². The molecule has 1 heterocycles. The molecule has 0 aromatic heterocycles. The predicted octanol–water partition coefficient (Wildman–Crippen LogP) is 2.19. The third kappa shape index (κ3) is 5.21. The quantitative estimate of drug-likeness (QED) is 0.871. The number of amides is 2. The fraction of sp³-hybridized carbons (Fsp3) is 0.556. The second kappa shape index (κ2) is 8.49. The van der Waals surface area contributed by atoms with E-state index in [1.807, 2.05) is 49.9 Å². The Hall–Kier alpha value is -1.59. The van der Waals surface area contributed by atoms with Crippen LogP contribution in [0.2, 0.25) is 0 Å². The smallest absolute Gasteiger partial charge is 0.253 e. The number of carbonyl (C=O) groups is 2. The maximum atomic E-state index is 12.4. The highest BCUT2D eigenvalue weighted by Crippen LogP contribution is 2.18. The molecule has 1 atom stereocenters. The molecule has 1 aliphatic rings. The van der Waals surface area contributed by atoms with E-state index in [1.54, 1.807) is 0 Å². The fourth-order valence-corrected chi connectivity index (χ4v) is 2.60. The zero-order valence-electron chi connectivity index (χ0n) is 14.7. The first-order valence-corrected chi connectivity index (χ1v) is 8.18. The van der Waals surface area contributed by atoms with Crippen molar-refractivity contribution in [2.24, 2.45) is 17.1 Å². The summed E-state index contributed by atoms with van der Waals surface area (Å²) in [4.78, 5) is 26.2. The Morgan fingerprint density at radius 2 is 1.88 bits per heavy atom. The van der Waals surface area contributed by atoms with Gasteiger partial charge in [0.2, 0.25) is 5.91 Å². The molecule has 0 aliphatic carbocycles. The highest BCUT2D eigenvalue weighted by Gasteiger charge is 2.26. The molecule has 2 amide bonds. The molecule has 5 nitrogen and oxygen atoms in total. The average molecular weight is 354 g/mol. The van der Waals surface area contributed by atoms with Gasteiger partial charge in [-0.05, 0) is 36.6 Å². The van der Waals surface area contributed by atoms with Gasteiger partial charge in [0.05, 0.1) is 0 Å². The largest absolute Gasteiger partial charge is 0.352 e. The lowest BCUT2D eigenvalue weighted by atomic mass is 9.95. The Labute approximate surface area is 150 Å². The Bertz CT molecular complexity index is 567. The second-order valence-corrected chi connectivity index (χ2v) is 7.27. The highest BCUT2D eigenvalue weighted by atomic mass is 35.5. The number of likely N-dealkylation sites (tertiary alicyclic amines) is 1. The molecule has 1 aromatic carbocycles. The summed E-state index contributed by atoms with van der Waals surface area (Å²) in [5.74, 6) is 0.500. The highest BCUT2D eigenvalue weighted by molar-refractivity contribution is 5.94. The first-order valence-electron chi connectivity index (χ1n) is 8.18. The van der Waals surface area contributed by atoms with Crippen molar-refractivity contribution in [2.45, 2.75) is 33.7 Å². The van der Waals surface area contributed by atoms with E-state index in [0.717, 1.165) is 25.1 Å². The molecule has 3 N–H and O–H groups in total. The molecule has 1 saturated heterocycles. The zero-order valence-corrected chi connectivity index (χ0v) is 15.5. The van der Waals surface area contributed by atoms with Crippen LogP contribution in [0.5, 0.6) is 0 Å². The van der Waals surface area contributed by atoms with Crippen LogP contribution < -0.4 is 11.1 Å². The summed E-state index contributed by atoms with van der Waals surface area (Å²) in [6.07, 6.45) is 0.985. The first kappa shape index (κ1) is 20.5. The number of nitrogens with zero attached hydrogens (tertiary/aromatic N) is 1. The maximum Gasteiger partial charge on any atom is 0.253 e. The van der Waals surface area contributed by atoms with Crippen molar-refractivity contribution in [3.8, 4) is 0 Å². The minimum Gasteiger partial charge on any atom is -0.352 e. The van der Waals surface area contributed by atoms with Gasteiger partial charge >= 0.3 is 0 Å². The molecule has 0 saturated carbocycles. The normalized spacial score (nSPS) is 17.3. The van der Waals surface area contributed by atoms with E-state index >= 15 is 0 Å². The molecule has 2 rings (SSSR count). The van der Waals surface area contributed by atoms with Crippen LogP contribution in [0.3, 0.4) is 0 Å². The molecule has 1 unspecified atom stereocenters. The zero-order chi connectivity index (χ0) is 17.0. The van der Waals surface area contributed by atoms with E-state index in [2.05, 4.69) is 5.32 Å². The van der Waals surface area contributed by atoms with Crippen LogP contribution in [0.15, 0.2) is 24.3 Å². The van der Waals surface area contributed by atoms with Gasteiger partial charge in [0.25, 0.3) is 5.91 Å². The standard InChI is InChI=1S/C18H27N3O2.ClH/c1-18(2,3)17(23)20-11-13-4-6-15(7-5-13)16(22)21-9-8-14(10-19)12-21;/h4-7,14H,8-12,19H2,1-3H3,(H,20,23);1H. The average Bonchev–Trinajstić information content (AvgIpc) is 3.00. The Balaban J connectivity index is 0.00000288. The number of hydrogen-bond donors (Lipinski definition) is 2. The molecule has 134 valence electrons. The van der Waals surface area contributed by atoms with E-state index in [-0.39, 0.29) is 24.2 Å². The fourth-order valence-electron chi connectivity index (χ4n) is 2.60. The Morgan fingerprint density at radius 3 is 2.38 bits per heavy atom. The van der Waals surface area contributed by atoms with Crippen LogP contribution >= 0.6 is 12.4 Å². The molecule has 0 bridgehead atoms. The van der Waals surface area contributed by atoms with Crippen LogP contribution in [-0.4, -0.2) is 36.3 Å². The van der Waals surface area contributed by atoms with Crippen molar-refractivity contribution in [2.75, 3.05) is 19.6 Å². The molecule has 1 aromatic rings. The van der Waals surface area contributed by atoms with Gasteiger partial charge in [0, 0.05) is 30.6 Å². The summed E-state index contributed by atoms with van der Waals surface area (Å²) in [6, 6.07) is 7.45. The summed E-state index contributed by atoms with van der Waals surface area (Å²) in [5.41, 5.74) is 6.95. The topological polar surface area (TPSA) is 75.4 Å². The number of carbonyl (C=O) groups excluding carboxylic acids is 2. The third-order valence-electron chi connectivity index (χ3n) is 4.24. The molecule has 1 fully saturated rings. The summed E-state index contributed by atoms with van der Waals surface area (Å²) in [5, 5.41) is 2.91. The number of nitrogens with two attached hydrogens (primary N) is 1. The van der Waals surface area contributed by atoms with Crippen LogP contribution in [0.1, 0.15) is 43.1 Å². The van der Waals surface area contributed by atoms with Crippen molar-refractivity contribution < 1.29 is 9.59 Å². The lowest BCUT2D eigenvalue weighted by molar-refractivity contribution is -0.128. The lowest BCUT2D eigenvalue weighted by Gasteiger charge is -2.18. The van der Waals surface area contributed by atoms with Crippen LogP contribution in [0.25, 0.3) is 0 Å². The monoisotopic (exact) mass is 353 g/mol. The number of benzene rings is 1. The predicted molar refractivity (Wildman–Crippen MR) is 98.1 cm³/mol. The number of nitrogens with one attached hydrogen (secondary N) is 1. The van der Waals surface area contributed by atoms with Crippen LogP contribution in [0.4, 0.5) is 0 Å². The van der Waals surface area contributed by atoms with Crippen molar-refractivity contribution in [3.63, 3.8) is 0 Å². The van der Waals surface area contributed by atoms with E-state index in [1.165, 1.54) is 0 Å². The minimum absolute atomic E-state index is 0. The van der Waals surface area contributed by atoms with Gasteiger partial charge in [-0.15, -0.1) is 12.4 Å². The summed E-state index contributed by atoms with van der Waals surface area (Å²) in [7, 11) is 0. The SMILES string of the molecule is CC(C)(C)C(=O)NCc1ccc(C(=O)N2CCC(CN)C2)cc1.Cl. The lowest BCUT2D eigenvalue weighted by Crippen LogP contribution is -2.34. The third-order valence-corrected chi connectivity index (χ3v) is 4.24. The van der Waals surface area contributed by atoms with E-state index < -0.39 is 5.41 Å². The van der Waals surface area contributed by atoms with Gasteiger partial charge in [-0.2, -0.15) is 0 Å². The molecule has 24 heavy (non-hydrogen) atoms. The van der Waals surface area contributed by atoms with Crippen molar-refractivity contribution in [1.82, 2.24) is 10.2 Å². The summed E-state index contributed by atoms with van der Waals surface area (Å²) in [6.45, 7) is 8.29. The van der Waals surface area contributed by atoms with E-state index in [9.17, 15) is 9.59 Å². The molecule has 6 heteroatoms. The number of hydrogen-bond acceptors (Lipinski definition) is 3. The van der Waals surface area contributed by atoms with Crippen molar-refractivity contribution in [1.29, 1.82) is 0 Å². The molecule has 0 radical (unpaired) electrons. The molecule has 1 aliphatic heterocycles. The summed E-state index contributed by atoms with van der Waals surface area (Å²) >= 11 is 0. The van der Waals surface area contributed by atoms with Gasteiger partial charge in [0.15, 0.2) is 0 Å². The molecular formula is C18H28ClN3O2. The van der Waals surface area contributed by atoms with Gasteiger partial charge in [0.1, 0.15) is 0 Å².